The average molecular weight is 396 g/mol. The molecule has 1 aliphatic heterocycles. The van der Waals surface area contributed by atoms with Gasteiger partial charge in [-0.05, 0) is 19.4 Å². The number of aryl methyl sites for hydroxylation is 1. The molecule has 0 saturated heterocycles. The van der Waals surface area contributed by atoms with E-state index in [2.05, 4.69) is 10.1 Å². The third-order valence-corrected chi connectivity index (χ3v) is 5.35. The van der Waals surface area contributed by atoms with Gasteiger partial charge >= 0.3 is 5.69 Å². The Kier molecular flexibility index (Phi) is 4.83. The van der Waals surface area contributed by atoms with Crippen molar-refractivity contribution in [3.63, 3.8) is 0 Å². The molecule has 3 aromatic rings. The van der Waals surface area contributed by atoms with Crippen LogP contribution in [0, 0.1) is 0 Å². The number of nitrogens with zero attached hydrogens (tertiary/aromatic N) is 6. The number of rotatable bonds is 5. The molecule has 0 N–H and O–H groups in total. The molecular formula is C20H24N6O3. The number of hydrogen-bond acceptors (Lipinski definition) is 6. The van der Waals surface area contributed by atoms with Crippen LogP contribution in [0.3, 0.4) is 0 Å². The van der Waals surface area contributed by atoms with E-state index < -0.39 is 5.69 Å². The molecule has 29 heavy (non-hydrogen) atoms. The van der Waals surface area contributed by atoms with E-state index in [0.717, 1.165) is 11.3 Å². The average Bonchev–Trinajstić information content (AvgIpc) is 3.13. The first-order valence-corrected chi connectivity index (χ1v) is 9.51. The minimum Gasteiger partial charge on any atom is -0.383 e. The Bertz CT molecular complexity index is 1200. The van der Waals surface area contributed by atoms with Crippen molar-refractivity contribution < 1.29 is 4.74 Å². The summed E-state index contributed by atoms with van der Waals surface area (Å²) in [5, 5.41) is 6.33. The van der Waals surface area contributed by atoms with Crippen LogP contribution in [0.1, 0.15) is 25.5 Å². The molecule has 0 aliphatic carbocycles. The molecule has 0 spiro atoms. The van der Waals surface area contributed by atoms with Crippen molar-refractivity contribution in [2.24, 2.45) is 12.1 Å². The Labute approximate surface area is 167 Å². The van der Waals surface area contributed by atoms with E-state index in [4.69, 9.17) is 4.74 Å². The predicted molar refractivity (Wildman–Crippen MR) is 112 cm³/mol. The molecule has 1 aromatic carbocycles. The lowest BCUT2D eigenvalue weighted by molar-refractivity contribution is 0.204. The highest BCUT2D eigenvalue weighted by Crippen LogP contribution is 2.29. The molecule has 1 unspecified atom stereocenters. The van der Waals surface area contributed by atoms with Gasteiger partial charge in [0.1, 0.15) is 0 Å². The van der Waals surface area contributed by atoms with E-state index in [1.54, 1.807) is 19.2 Å². The van der Waals surface area contributed by atoms with Crippen LogP contribution in [0.5, 0.6) is 0 Å². The predicted octanol–water partition coefficient (Wildman–Crippen LogP) is 1.35. The van der Waals surface area contributed by atoms with Gasteiger partial charge in [-0.25, -0.2) is 9.80 Å². The van der Waals surface area contributed by atoms with Crippen molar-refractivity contribution in [1.82, 2.24) is 18.7 Å². The molecule has 2 aromatic heterocycles. The number of hydrazone groups is 1. The first-order valence-electron chi connectivity index (χ1n) is 9.51. The molecule has 152 valence electrons. The number of anilines is 1. The summed E-state index contributed by atoms with van der Waals surface area (Å²) < 4.78 is 9.75. The summed E-state index contributed by atoms with van der Waals surface area (Å²) in [5.41, 5.74) is 1.77. The third kappa shape index (κ3) is 3.07. The minimum atomic E-state index is -0.393. The topological polar surface area (TPSA) is 86.7 Å². The molecule has 9 nitrogen and oxygen atoms in total. The molecule has 9 heteroatoms. The lowest BCUT2D eigenvalue weighted by atomic mass is 10.2. The highest BCUT2D eigenvalue weighted by molar-refractivity contribution is 5.91. The quantitative estimate of drug-likeness (QED) is 0.650. The molecule has 0 bridgehead atoms. The monoisotopic (exact) mass is 396 g/mol. The second-order valence-electron chi connectivity index (χ2n) is 7.21. The fourth-order valence-electron chi connectivity index (χ4n) is 3.62. The Morgan fingerprint density at radius 2 is 1.90 bits per heavy atom. The van der Waals surface area contributed by atoms with Crippen molar-refractivity contribution in [2.75, 3.05) is 25.3 Å². The van der Waals surface area contributed by atoms with Gasteiger partial charge in [0.05, 0.1) is 31.4 Å². The third-order valence-electron chi connectivity index (χ3n) is 5.35. The Morgan fingerprint density at radius 1 is 1.17 bits per heavy atom. The summed E-state index contributed by atoms with van der Waals surface area (Å²) in [4.78, 5) is 31.0. The van der Waals surface area contributed by atoms with Gasteiger partial charge in [-0.15, -0.1) is 0 Å². The van der Waals surface area contributed by atoms with E-state index in [0.29, 0.717) is 30.3 Å². The number of ether oxygens (including phenoxy) is 1. The molecule has 0 radical (unpaired) electrons. The largest absolute Gasteiger partial charge is 0.383 e. The zero-order valence-corrected chi connectivity index (χ0v) is 17.0. The number of benzene rings is 1. The lowest BCUT2D eigenvalue weighted by Crippen LogP contribution is -2.40. The minimum absolute atomic E-state index is 0.149. The van der Waals surface area contributed by atoms with Crippen molar-refractivity contribution in [3.05, 3.63) is 56.7 Å². The standard InChI is InChI=1S/C20H24N6O3/c1-13-14(2)26-16-17(21-19(26)25(22-13)10-11-29-4)23(3)20(28)24(18(16)27)12-15-8-6-5-7-9-15/h5-9,14H,10-12H2,1-4H3. The zero-order chi connectivity index (χ0) is 20.7. The molecule has 4 rings (SSSR count). The van der Waals surface area contributed by atoms with Gasteiger partial charge in [-0.2, -0.15) is 10.1 Å². The molecule has 0 saturated carbocycles. The summed E-state index contributed by atoms with van der Waals surface area (Å²) in [6.45, 7) is 5.06. The SMILES string of the molecule is COCCN1N=C(C)C(C)n2c1nc1c2c(=O)n(Cc2ccccc2)c(=O)n1C. The van der Waals surface area contributed by atoms with Crippen molar-refractivity contribution in [1.29, 1.82) is 0 Å². The maximum absolute atomic E-state index is 13.4. The molecule has 0 amide bonds. The van der Waals surface area contributed by atoms with Crippen LogP contribution in [-0.2, 0) is 18.3 Å². The maximum atomic E-state index is 13.4. The summed E-state index contributed by atoms with van der Waals surface area (Å²) >= 11 is 0. The van der Waals surface area contributed by atoms with Gasteiger partial charge in [-0.3, -0.25) is 18.5 Å². The van der Waals surface area contributed by atoms with Crippen LogP contribution in [-0.4, -0.2) is 44.7 Å². The summed E-state index contributed by atoms with van der Waals surface area (Å²) in [5.74, 6) is 0.541. The normalized spacial score (nSPS) is 16.2. The second-order valence-corrected chi connectivity index (χ2v) is 7.21. The van der Waals surface area contributed by atoms with Gasteiger partial charge in [0.2, 0.25) is 5.95 Å². The summed E-state index contributed by atoms with van der Waals surface area (Å²) in [6.07, 6.45) is 0. The van der Waals surface area contributed by atoms with Gasteiger partial charge in [-0.1, -0.05) is 30.3 Å². The number of fused-ring (bicyclic) bond motifs is 3. The van der Waals surface area contributed by atoms with Crippen LogP contribution in [0.25, 0.3) is 11.2 Å². The smallest absolute Gasteiger partial charge is 0.332 e. The first-order chi connectivity index (χ1) is 13.9. The second kappa shape index (κ2) is 7.32. The zero-order valence-electron chi connectivity index (χ0n) is 17.0. The van der Waals surface area contributed by atoms with Crippen molar-refractivity contribution in [2.45, 2.75) is 26.4 Å². The molecular weight excluding hydrogens is 372 g/mol. The first kappa shape index (κ1) is 19.1. The van der Waals surface area contributed by atoms with Crippen LogP contribution in [0.15, 0.2) is 45.0 Å². The molecule has 3 heterocycles. The van der Waals surface area contributed by atoms with E-state index in [1.165, 1.54) is 9.13 Å². The van der Waals surface area contributed by atoms with E-state index in [1.807, 2.05) is 48.7 Å². The Morgan fingerprint density at radius 3 is 2.59 bits per heavy atom. The summed E-state index contributed by atoms with van der Waals surface area (Å²) in [7, 11) is 3.26. The fourth-order valence-corrected chi connectivity index (χ4v) is 3.62. The Balaban J connectivity index is 1.96. The number of aromatic nitrogens is 4. The van der Waals surface area contributed by atoms with E-state index in [9.17, 15) is 9.59 Å². The maximum Gasteiger partial charge on any atom is 0.332 e. The van der Waals surface area contributed by atoms with Crippen LogP contribution < -0.4 is 16.3 Å². The molecule has 1 atom stereocenters. The lowest BCUT2D eigenvalue weighted by Gasteiger charge is -2.28. The summed E-state index contributed by atoms with van der Waals surface area (Å²) in [6, 6.07) is 9.32. The van der Waals surface area contributed by atoms with Crippen LogP contribution in [0.2, 0.25) is 0 Å². The molecule has 1 aliphatic rings. The van der Waals surface area contributed by atoms with Crippen molar-refractivity contribution in [3.8, 4) is 0 Å². The van der Waals surface area contributed by atoms with E-state index in [-0.39, 0.29) is 18.1 Å². The highest BCUT2D eigenvalue weighted by atomic mass is 16.5. The number of methoxy groups -OCH3 is 1. The van der Waals surface area contributed by atoms with E-state index >= 15 is 0 Å². The van der Waals surface area contributed by atoms with Gasteiger partial charge in [0.15, 0.2) is 11.2 Å². The van der Waals surface area contributed by atoms with Gasteiger partial charge in [0.25, 0.3) is 5.56 Å². The van der Waals surface area contributed by atoms with Gasteiger partial charge in [0, 0.05) is 14.2 Å². The number of hydrogen-bond donors (Lipinski definition) is 0. The van der Waals surface area contributed by atoms with Crippen molar-refractivity contribution >= 4 is 22.8 Å². The van der Waals surface area contributed by atoms with Crippen LogP contribution in [0.4, 0.5) is 5.95 Å². The molecule has 0 fully saturated rings. The Hall–Kier alpha value is -3.20. The van der Waals surface area contributed by atoms with Gasteiger partial charge < -0.3 is 4.74 Å². The van der Waals surface area contributed by atoms with Crippen LogP contribution >= 0.6 is 0 Å². The highest BCUT2D eigenvalue weighted by Gasteiger charge is 2.30. The number of imidazole rings is 1. The fraction of sp³-hybridized carbons (Fsp3) is 0.400.